The first-order valence-corrected chi connectivity index (χ1v) is 7.36. The molecule has 110 valence electrons. The smallest absolute Gasteiger partial charge is 0.326 e. The van der Waals surface area contributed by atoms with Crippen LogP contribution in [0.3, 0.4) is 0 Å². The van der Waals surface area contributed by atoms with Crippen molar-refractivity contribution in [1.82, 2.24) is 10.2 Å². The van der Waals surface area contributed by atoms with E-state index in [1.807, 2.05) is 13.8 Å². The highest BCUT2D eigenvalue weighted by Crippen LogP contribution is 2.29. The van der Waals surface area contributed by atoms with Crippen molar-refractivity contribution in [1.29, 1.82) is 0 Å². The van der Waals surface area contributed by atoms with Gasteiger partial charge in [-0.1, -0.05) is 26.7 Å². The van der Waals surface area contributed by atoms with Crippen molar-refractivity contribution in [3.63, 3.8) is 0 Å². The molecular formula is C14H26N2O3. The molecule has 1 saturated carbocycles. The van der Waals surface area contributed by atoms with Gasteiger partial charge in [0.05, 0.1) is 0 Å². The Bertz CT molecular complexity index is 303. The number of amides is 2. The van der Waals surface area contributed by atoms with Crippen LogP contribution in [0.2, 0.25) is 0 Å². The number of urea groups is 1. The lowest BCUT2D eigenvalue weighted by Gasteiger charge is -2.24. The van der Waals surface area contributed by atoms with E-state index in [0.717, 1.165) is 25.8 Å². The molecule has 1 atom stereocenters. The molecule has 1 unspecified atom stereocenters. The van der Waals surface area contributed by atoms with Gasteiger partial charge >= 0.3 is 12.0 Å². The maximum atomic E-state index is 12.1. The fourth-order valence-electron chi connectivity index (χ4n) is 2.06. The summed E-state index contributed by atoms with van der Waals surface area (Å²) in [6.45, 7) is 5.50. The van der Waals surface area contributed by atoms with Gasteiger partial charge in [0.15, 0.2) is 0 Å². The van der Waals surface area contributed by atoms with Crippen molar-refractivity contribution in [2.24, 2.45) is 5.92 Å². The predicted molar refractivity (Wildman–Crippen MR) is 74.1 cm³/mol. The predicted octanol–water partition coefficient (Wildman–Crippen LogP) is 2.46. The SMILES string of the molecule is CCCCC(NC(=O)N(CCC)CC1CC1)C(=O)O. The van der Waals surface area contributed by atoms with E-state index in [9.17, 15) is 9.59 Å². The van der Waals surface area contributed by atoms with Gasteiger partial charge < -0.3 is 15.3 Å². The molecule has 0 aromatic carbocycles. The molecule has 2 N–H and O–H groups in total. The molecule has 1 fully saturated rings. The van der Waals surface area contributed by atoms with E-state index in [1.54, 1.807) is 4.90 Å². The molecule has 1 rings (SSSR count). The topological polar surface area (TPSA) is 69.6 Å². The summed E-state index contributed by atoms with van der Waals surface area (Å²) in [5.74, 6) is -0.319. The molecule has 0 bridgehead atoms. The molecule has 0 aliphatic heterocycles. The normalized spacial score (nSPS) is 15.9. The maximum Gasteiger partial charge on any atom is 0.326 e. The molecule has 0 spiro atoms. The highest BCUT2D eigenvalue weighted by atomic mass is 16.4. The minimum atomic E-state index is -0.940. The second kappa shape index (κ2) is 8.02. The number of carboxylic acid groups (broad SMARTS) is 1. The Labute approximate surface area is 115 Å². The molecular weight excluding hydrogens is 244 g/mol. The largest absolute Gasteiger partial charge is 0.480 e. The number of carbonyl (C=O) groups is 2. The van der Waals surface area contributed by atoms with E-state index < -0.39 is 12.0 Å². The highest BCUT2D eigenvalue weighted by Gasteiger charge is 2.28. The second-order valence-electron chi connectivity index (χ2n) is 5.37. The van der Waals surface area contributed by atoms with Crippen molar-refractivity contribution in [3.8, 4) is 0 Å². The number of unbranched alkanes of at least 4 members (excludes halogenated alkanes) is 1. The van der Waals surface area contributed by atoms with Crippen LogP contribution >= 0.6 is 0 Å². The van der Waals surface area contributed by atoms with Crippen LogP contribution in [-0.4, -0.2) is 41.1 Å². The number of nitrogens with zero attached hydrogens (tertiary/aromatic N) is 1. The first kappa shape index (κ1) is 15.8. The third-order valence-electron chi connectivity index (χ3n) is 3.40. The van der Waals surface area contributed by atoms with Crippen LogP contribution in [0.5, 0.6) is 0 Å². The third-order valence-corrected chi connectivity index (χ3v) is 3.40. The molecule has 0 aromatic heterocycles. The van der Waals surface area contributed by atoms with Gasteiger partial charge in [-0.15, -0.1) is 0 Å². The van der Waals surface area contributed by atoms with Crippen molar-refractivity contribution in [3.05, 3.63) is 0 Å². The zero-order valence-electron chi connectivity index (χ0n) is 12.0. The monoisotopic (exact) mass is 270 g/mol. The van der Waals surface area contributed by atoms with Crippen LogP contribution in [0.4, 0.5) is 4.79 Å². The van der Waals surface area contributed by atoms with E-state index in [-0.39, 0.29) is 6.03 Å². The van der Waals surface area contributed by atoms with Crippen LogP contribution in [-0.2, 0) is 4.79 Å². The average molecular weight is 270 g/mol. The van der Waals surface area contributed by atoms with Crippen molar-refractivity contribution in [2.75, 3.05) is 13.1 Å². The third kappa shape index (κ3) is 5.94. The molecule has 19 heavy (non-hydrogen) atoms. The fourth-order valence-corrected chi connectivity index (χ4v) is 2.06. The molecule has 5 nitrogen and oxygen atoms in total. The Kier molecular flexibility index (Phi) is 6.67. The minimum Gasteiger partial charge on any atom is -0.480 e. The summed E-state index contributed by atoms with van der Waals surface area (Å²) in [5, 5.41) is 11.8. The zero-order chi connectivity index (χ0) is 14.3. The average Bonchev–Trinajstić information content (AvgIpc) is 3.17. The summed E-state index contributed by atoms with van der Waals surface area (Å²) in [6, 6.07) is -0.983. The minimum absolute atomic E-state index is 0.225. The van der Waals surface area contributed by atoms with Crippen LogP contribution in [0.1, 0.15) is 52.4 Å². The van der Waals surface area contributed by atoms with Gasteiger partial charge in [0.1, 0.15) is 6.04 Å². The maximum absolute atomic E-state index is 12.1. The van der Waals surface area contributed by atoms with E-state index >= 15 is 0 Å². The lowest BCUT2D eigenvalue weighted by molar-refractivity contribution is -0.139. The number of aliphatic carboxylic acids is 1. The summed E-state index contributed by atoms with van der Waals surface area (Å²) in [4.78, 5) is 25.0. The number of carboxylic acids is 1. The van der Waals surface area contributed by atoms with Gasteiger partial charge in [-0.05, 0) is 31.6 Å². The van der Waals surface area contributed by atoms with Gasteiger partial charge in [0, 0.05) is 13.1 Å². The first-order chi connectivity index (χ1) is 9.08. The summed E-state index contributed by atoms with van der Waals surface area (Å²) >= 11 is 0. The van der Waals surface area contributed by atoms with Gasteiger partial charge in [-0.25, -0.2) is 9.59 Å². The van der Waals surface area contributed by atoms with Crippen LogP contribution in [0.15, 0.2) is 0 Å². The Morgan fingerprint density at radius 2 is 2.00 bits per heavy atom. The standard InChI is InChI=1S/C14H26N2O3/c1-3-5-6-12(13(17)18)15-14(19)16(9-4-2)10-11-7-8-11/h11-12H,3-10H2,1-2H3,(H,15,19)(H,17,18). The Morgan fingerprint density at radius 3 is 2.47 bits per heavy atom. The summed E-state index contributed by atoms with van der Waals surface area (Å²) in [5.41, 5.74) is 0. The molecule has 1 aliphatic rings. The van der Waals surface area contributed by atoms with Crippen LogP contribution in [0.25, 0.3) is 0 Å². The van der Waals surface area contributed by atoms with Gasteiger partial charge in [0.2, 0.25) is 0 Å². The van der Waals surface area contributed by atoms with Gasteiger partial charge in [-0.3, -0.25) is 0 Å². The van der Waals surface area contributed by atoms with E-state index in [2.05, 4.69) is 5.32 Å². The van der Waals surface area contributed by atoms with Gasteiger partial charge in [-0.2, -0.15) is 0 Å². The Morgan fingerprint density at radius 1 is 1.32 bits per heavy atom. The zero-order valence-corrected chi connectivity index (χ0v) is 12.0. The summed E-state index contributed by atoms with van der Waals surface area (Å²) in [7, 11) is 0. The molecule has 0 saturated heterocycles. The molecule has 0 heterocycles. The molecule has 5 heteroatoms. The van der Waals surface area contributed by atoms with Gasteiger partial charge in [0.25, 0.3) is 0 Å². The molecule has 0 radical (unpaired) electrons. The number of nitrogens with one attached hydrogen (secondary N) is 1. The number of carbonyl (C=O) groups excluding carboxylic acids is 1. The first-order valence-electron chi connectivity index (χ1n) is 7.36. The van der Waals surface area contributed by atoms with Crippen LogP contribution < -0.4 is 5.32 Å². The van der Waals surface area contributed by atoms with Crippen LogP contribution in [0, 0.1) is 5.92 Å². The number of rotatable bonds is 9. The van der Waals surface area contributed by atoms with E-state index in [0.29, 0.717) is 18.9 Å². The Balaban J connectivity index is 2.48. The van der Waals surface area contributed by atoms with Crippen molar-refractivity contribution < 1.29 is 14.7 Å². The lowest BCUT2D eigenvalue weighted by atomic mass is 10.1. The number of hydrogen-bond acceptors (Lipinski definition) is 2. The van der Waals surface area contributed by atoms with Crippen molar-refractivity contribution >= 4 is 12.0 Å². The lowest BCUT2D eigenvalue weighted by Crippen LogP contribution is -2.48. The van der Waals surface area contributed by atoms with E-state index in [4.69, 9.17) is 5.11 Å². The number of hydrogen-bond donors (Lipinski definition) is 2. The van der Waals surface area contributed by atoms with Crippen molar-refractivity contribution in [2.45, 2.75) is 58.4 Å². The highest BCUT2D eigenvalue weighted by molar-refractivity contribution is 5.82. The summed E-state index contributed by atoms with van der Waals surface area (Å²) < 4.78 is 0. The molecule has 2 amide bonds. The summed E-state index contributed by atoms with van der Waals surface area (Å²) in [6.07, 6.45) is 5.51. The fraction of sp³-hybridized carbons (Fsp3) is 0.857. The molecule has 1 aliphatic carbocycles. The Hall–Kier alpha value is -1.26. The van der Waals surface area contributed by atoms with E-state index in [1.165, 1.54) is 12.8 Å². The molecule has 0 aromatic rings. The quantitative estimate of drug-likeness (QED) is 0.676. The second-order valence-corrected chi connectivity index (χ2v) is 5.37.